The van der Waals surface area contributed by atoms with E-state index in [-0.39, 0.29) is 5.75 Å². The molecule has 0 spiro atoms. The Morgan fingerprint density at radius 2 is 1.69 bits per heavy atom. The van der Waals surface area contributed by atoms with Gasteiger partial charge in [-0.1, -0.05) is 54.6 Å². The number of nitrogens with one attached hydrogen (secondary N) is 1. The Morgan fingerprint density at radius 1 is 1.03 bits per heavy atom. The average molecular weight is 493 g/mol. The van der Waals surface area contributed by atoms with Crippen molar-refractivity contribution in [3.63, 3.8) is 0 Å². The van der Waals surface area contributed by atoms with Crippen molar-refractivity contribution >= 4 is 23.8 Å². The summed E-state index contributed by atoms with van der Waals surface area (Å²) in [6.45, 7) is 2.28. The summed E-state index contributed by atoms with van der Waals surface area (Å²) in [5.41, 5.74) is 2.00. The number of halogens is 2. The lowest BCUT2D eigenvalue weighted by molar-refractivity contribution is -0.131. The van der Waals surface area contributed by atoms with E-state index in [0.717, 1.165) is 29.3 Å². The van der Waals surface area contributed by atoms with E-state index < -0.39 is 24.1 Å². The number of imide groups is 1. The van der Waals surface area contributed by atoms with E-state index in [1.807, 2.05) is 42.5 Å². The molecule has 7 nitrogen and oxygen atoms in total. The third kappa shape index (κ3) is 5.35. The number of hydrazone groups is 1. The molecule has 1 N–H and O–H groups in total. The molecule has 0 aliphatic carbocycles. The van der Waals surface area contributed by atoms with Crippen LogP contribution >= 0.6 is 0 Å². The van der Waals surface area contributed by atoms with E-state index in [2.05, 4.69) is 39.1 Å². The number of carbonyl (C=O) groups is 2. The molecule has 1 aliphatic rings. The summed E-state index contributed by atoms with van der Waals surface area (Å²) in [6.07, 6.45) is 1.44. The molecule has 4 rings (SSSR count). The molecule has 3 amide bonds. The van der Waals surface area contributed by atoms with Crippen molar-refractivity contribution in [1.29, 1.82) is 0 Å². The van der Waals surface area contributed by atoms with Gasteiger partial charge >= 0.3 is 12.6 Å². The van der Waals surface area contributed by atoms with Gasteiger partial charge in [0.15, 0.2) is 0 Å². The van der Waals surface area contributed by atoms with Gasteiger partial charge in [-0.3, -0.25) is 4.79 Å². The van der Waals surface area contributed by atoms with Crippen LogP contribution in [0, 0.1) is 0 Å². The van der Waals surface area contributed by atoms with Crippen LogP contribution in [-0.2, 0) is 16.9 Å². The van der Waals surface area contributed by atoms with E-state index in [1.165, 1.54) is 43.0 Å². The summed E-state index contributed by atoms with van der Waals surface area (Å²) in [6, 6.07) is 22.7. The second-order valence-corrected chi connectivity index (χ2v) is 8.41. The van der Waals surface area contributed by atoms with Gasteiger partial charge in [0.25, 0.3) is 5.91 Å². The van der Waals surface area contributed by atoms with Crippen molar-refractivity contribution in [3.05, 3.63) is 95.6 Å². The number of ether oxygens (including phenoxy) is 1. The molecule has 3 aromatic carbocycles. The summed E-state index contributed by atoms with van der Waals surface area (Å²) < 4.78 is 29.1. The summed E-state index contributed by atoms with van der Waals surface area (Å²) in [7, 11) is 0. The zero-order valence-electron chi connectivity index (χ0n) is 19.9. The van der Waals surface area contributed by atoms with Crippen LogP contribution in [0.3, 0.4) is 0 Å². The van der Waals surface area contributed by atoms with E-state index in [0.29, 0.717) is 5.56 Å². The quantitative estimate of drug-likeness (QED) is 0.333. The normalized spacial score (nSPS) is 17.6. The van der Waals surface area contributed by atoms with Crippen molar-refractivity contribution in [2.24, 2.45) is 5.10 Å². The molecule has 1 unspecified atom stereocenters. The van der Waals surface area contributed by atoms with Gasteiger partial charge in [0.1, 0.15) is 11.3 Å². The van der Waals surface area contributed by atoms with E-state index >= 15 is 0 Å². The largest absolute Gasteiger partial charge is 0.435 e. The lowest BCUT2D eigenvalue weighted by Crippen LogP contribution is -2.40. The van der Waals surface area contributed by atoms with Crippen LogP contribution in [0.15, 0.2) is 84.0 Å². The lowest BCUT2D eigenvalue weighted by atomic mass is 9.92. The Balaban J connectivity index is 1.45. The third-order valence-electron chi connectivity index (χ3n) is 6.00. The van der Waals surface area contributed by atoms with Crippen molar-refractivity contribution < 1.29 is 23.1 Å². The molecule has 1 fully saturated rings. The van der Waals surface area contributed by atoms with Crippen LogP contribution in [0.1, 0.15) is 30.5 Å². The highest BCUT2D eigenvalue weighted by Gasteiger charge is 2.49. The summed E-state index contributed by atoms with van der Waals surface area (Å²) >= 11 is 0. The van der Waals surface area contributed by atoms with Gasteiger partial charge < -0.3 is 15.0 Å². The zero-order chi connectivity index (χ0) is 25.7. The maximum Gasteiger partial charge on any atom is 0.387 e. The molecule has 186 valence electrons. The number of nitrogens with zero attached hydrogens (tertiary/aromatic N) is 3. The van der Waals surface area contributed by atoms with Crippen LogP contribution < -0.4 is 15.0 Å². The number of benzene rings is 3. The lowest BCUT2D eigenvalue weighted by Gasteiger charge is -2.23. The van der Waals surface area contributed by atoms with Crippen LogP contribution in [0.25, 0.3) is 0 Å². The maximum absolute atomic E-state index is 13.0. The van der Waals surface area contributed by atoms with E-state index in [9.17, 15) is 18.4 Å². The molecule has 36 heavy (non-hydrogen) atoms. The maximum atomic E-state index is 13.0. The number of hydrogen-bond donors (Lipinski definition) is 1. The summed E-state index contributed by atoms with van der Waals surface area (Å²) in [4.78, 5) is 27.8. The number of alkyl halides is 2. The molecule has 1 heterocycles. The molecule has 1 saturated heterocycles. The molecule has 1 aliphatic heterocycles. The van der Waals surface area contributed by atoms with Crippen LogP contribution in [0.5, 0.6) is 5.75 Å². The van der Waals surface area contributed by atoms with Gasteiger partial charge in [-0.2, -0.15) is 13.9 Å². The predicted octanol–water partition coefficient (Wildman–Crippen LogP) is 5.12. The first-order chi connectivity index (χ1) is 17.3. The third-order valence-corrected chi connectivity index (χ3v) is 6.00. The van der Waals surface area contributed by atoms with E-state index in [1.54, 1.807) is 0 Å². The van der Waals surface area contributed by atoms with Crippen LogP contribution in [-0.4, -0.2) is 36.3 Å². The minimum atomic E-state index is -2.95. The van der Waals surface area contributed by atoms with E-state index in [4.69, 9.17) is 0 Å². The Bertz CT molecular complexity index is 1230. The Labute approximate surface area is 208 Å². The molecule has 9 heteroatoms. The van der Waals surface area contributed by atoms with Crippen molar-refractivity contribution in [2.45, 2.75) is 32.5 Å². The Kier molecular flexibility index (Phi) is 7.28. The number of anilines is 1. The second kappa shape index (κ2) is 10.6. The Hall–Kier alpha value is -4.27. The molecule has 0 bridgehead atoms. The van der Waals surface area contributed by atoms with Crippen molar-refractivity contribution in [3.8, 4) is 5.75 Å². The molecule has 0 aromatic heterocycles. The zero-order valence-corrected chi connectivity index (χ0v) is 19.9. The van der Waals surface area contributed by atoms with Gasteiger partial charge in [0, 0.05) is 18.8 Å². The standard InChI is InChI=1S/C27H26F2N4O3/c1-3-32(18-20-7-5-4-6-8-20)22-13-9-19(10-14-22)17-30-33-24(34)27(2,31-26(33)35)21-11-15-23(16-12-21)36-25(28)29/h4-17,25H,3,18H2,1-2H3,(H,31,35)/b30-17+. The second-order valence-electron chi connectivity index (χ2n) is 8.41. The van der Waals surface area contributed by atoms with Gasteiger partial charge in [-0.05, 0) is 54.8 Å². The fraction of sp³-hybridized carbons (Fsp3) is 0.222. The van der Waals surface area contributed by atoms with Gasteiger partial charge in [-0.25, -0.2) is 4.79 Å². The smallest absolute Gasteiger partial charge is 0.387 e. The van der Waals surface area contributed by atoms with Crippen LogP contribution in [0.4, 0.5) is 19.3 Å². The SMILES string of the molecule is CCN(Cc1ccccc1)c1ccc(/C=N/N2C(=O)NC(C)(c3ccc(OC(F)F)cc3)C2=O)cc1. The van der Waals surface area contributed by atoms with Gasteiger partial charge in [-0.15, -0.1) is 5.01 Å². The number of hydrogen-bond acceptors (Lipinski definition) is 5. The molecule has 1 atom stereocenters. The molecular weight excluding hydrogens is 466 g/mol. The highest BCUT2D eigenvalue weighted by atomic mass is 19.3. The molecular formula is C27H26F2N4O3. The van der Waals surface area contributed by atoms with Gasteiger partial charge in [0.05, 0.1) is 6.21 Å². The van der Waals surface area contributed by atoms with Crippen LogP contribution in [0.2, 0.25) is 0 Å². The number of urea groups is 1. The van der Waals surface area contributed by atoms with Crippen molar-refractivity contribution in [2.75, 3.05) is 11.4 Å². The topological polar surface area (TPSA) is 74.2 Å². The highest BCUT2D eigenvalue weighted by molar-refractivity contribution is 6.07. The first-order valence-electron chi connectivity index (χ1n) is 11.4. The Morgan fingerprint density at radius 3 is 2.31 bits per heavy atom. The number of carbonyl (C=O) groups excluding carboxylic acids is 2. The first-order valence-corrected chi connectivity index (χ1v) is 11.4. The number of amides is 3. The fourth-order valence-electron chi connectivity index (χ4n) is 3.98. The summed E-state index contributed by atoms with van der Waals surface area (Å²) in [5.74, 6) is -0.624. The summed E-state index contributed by atoms with van der Waals surface area (Å²) in [5, 5.41) is 7.50. The molecule has 0 radical (unpaired) electrons. The van der Waals surface area contributed by atoms with Crippen molar-refractivity contribution in [1.82, 2.24) is 10.3 Å². The van der Waals surface area contributed by atoms with Gasteiger partial charge in [0.2, 0.25) is 0 Å². The predicted molar refractivity (Wildman–Crippen MR) is 133 cm³/mol. The fourth-order valence-corrected chi connectivity index (χ4v) is 3.98. The minimum absolute atomic E-state index is 0.0437. The molecule has 3 aromatic rings. The monoisotopic (exact) mass is 492 g/mol. The number of rotatable bonds is 9. The minimum Gasteiger partial charge on any atom is -0.435 e. The average Bonchev–Trinajstić information content (AvgIpc) is 3.10. The molecule has 0 saturated carbocycles. The highest BCUT2D eigenvalue weighted by Crippen LogP contribution is 2.30. The first kappa shape index (κ1) is 24.8.